The summed E-state index contributed by atoms with van der Waals surface area (Å²) >= 11 is 0. The third-order valence-electron chi connectivity index (χ3n) is 20.8. The number of rotatable bonds is 28. The van der Waals surface area contributed by atoms with E-state index >= 15 is 0 Å². The monoisotopic (exact) mass is 1260 g/mol. The molecule has 2 fully saturated rings. The highest BCUT2D eigenvalue weighted by Gasteiger charge is 2.55. The summed E-state index contributed by atoms with van der Waals surface area (Å²) in [4.78, 5) is 4.83. The van der Waals surface area contributed by atoms with Crippen molar-refractivity contribution in [2.24, 2.45) is 10.8 Å². The number of para-hydroxylation sites is 4. The third kappa shape index (κ3) is 11.0. The van der Waals surface area contributed by atoms with E-state index in [2.05, 4.69) is 242 Å². The van der Waals surface area contributed by atoms with Crippen molar-refractivity contribution in [1.29, 1.82) is 0 Å². The first kappa shape index (κ1) is 61.1. The second kappa shape index (κ2) is 26.4. The molecule has 12 aromatic rings. The number of nitrogens with zero attached hydrogens (tertiary/aromatic N) is 2. The Hall–Kier alpha value is -8.84. The Kier molecular flexibility index (Phi) is 17.0. The fraction of sp³-hybridized carbons (Fsp3) is 0.294. The Bertz CT molecular complexity index is 4620. The Morgan fingerprint density at radius 2 is 0.779 bits per heavy atom. The second-order valence-electron chi connectivity index (χ2n) is 26.8. The molecule has 1 spiro atoms. The second-order valence-corrected chi connectivity index (χ2v) is 26.8. The summed E-state index contributed by atoms with van der Waals surface area (Å²) < 4.78 is 50.8. The van der Waals surface area contributed by atoms with Crippen molar-refractivity contribution in [3.8, 4) is 22.3 Å². The number of benzene rings is 10. The van der Waals surface area contributed by atoms with Crippen LogP contribution in [0, 0.1) is 10.8 Å². The standard InChI is InChI=1S/C85H82N2O8/c1-3-83(55-92-56-83)53-90-47-23-7-21-45-88-51-59-37-41-63(42-38-59)86(61-25-9-5-10-26-61)73-49-72-80(82-77(73)67-31-15-19-35-75(67)95-82)79-71(85(72)69-33-17-13-29-65(69)66-30-14-18-34-70(66)85)50-74(81-78(79)68-32-16-20-36-76(68)94-81)87(62-27-11-6-12-28-62)64-43-39-60(40-44-64)52-89-46-22-8-24-48-91-54-84(4-2)57-93-58-84/h5-6,9-20,25-44,49-50H,3-4,7-8,21-24,45-48,51-58H2,1-2H3. The molecule has 4 aliphatic rings. The van der Waals surface area contributed by atoms with Crippen LogP contribution >= 0.6 is 0 Å². The lowest BCUT2D eigenvalue weighted by Crippen LogP contribution is -2.45. The summed E-state index contributed by atoms with van der Waals surface area (Å²) in [5.41, 5.74) is 20.5. The number of hydrogen-bond donors (Lipinski definition) is 0. The van der Waals surface area contributed by atoms with Gasteiger partial charge in [0.25, 0.3) is 0 Å². The molecule has 0 amide bonds. The highest BCUT2D eigenvalue weighted by Crippen LogP contribution is 2.68. The van der Waals surface area contributed by atoms with Gasteiger partial charge in [0.15, 0.2) is 5.58 Å². The first-order valence-electron chi connectivity index (χ1n) is 34.5. The summed E-state index contributed by atoms with van der Waals surface area (Å²) in [7, 11) is 0. The topological polar surface area (TPSA) is 88.1 Å². The largest absolute Gasteiger partial charge is 0.455 e. The zero-order valence-electron chi connectivity index (χ0n) is 54.6. The van der Waals surface area contributed by atoms with E-state index in [1.165, 1.54) is 27.8 Å². The van der Waals surface area contributed by atoms with E-state index in [9.17, 15) is 0 Å². The predicted octanol–water partition coefficient (Wildman–Crippen LogP) is 21.0. The van der Waals surface area contributed by atoms with Crippen LogP contribution in [0.15, 0.2) is 227 Å². The van der Waals surface area contributed by atoms with Crippen LogP contribution in [0.5, 0.6) is 0 Å². The lowest BCUT2D eigenvalue weighted by molar-refractivity contribution is -0.150. The predicted molar refractivity (Wildman–Crippen MR) is 382 cm³/mol. The Balaban J connectivity index is 0.800. The summed E-state index contributed by atoms with van der Waals surface area (Å²) in [5, 5.41) is 4.17. The van der Waals surface area contributed by atoms with E-state index in [-0.39, 0.29) is 10.8 Å². The first-order chi connectivity index (χ1) is 47.0. The van der Waals surface area contributed by atoms with Gasteiger partial charge in [0.1, 0.15) is 16.7 Å². The van der Waals surface area contributed by atoms with Gasteiger partial charge >= 0.3 is 0 Å². The van der Waals surface area contributed by atoms with Crippen molar-refractivity contribution in [2.75, 3.05) is 75.9 Å². The molecule has 2 aliphatic heterocycles. The van der Waals surface area contributed by atoms with Crippen molar-refractivity contribution >= 4 is 78.0 Å². The van der Waals surface area contributed by atoms with Crippen molar-refractivity contribution in [3.05, 3.63) is 252 Å². The molecule has 0 saturated carbocycles. The van der Waals surface area contributed by atoms with Crippen LogP contribution in [0.25, 0.3) is 66.1 Å². The van der Waals surface area contributed by atoms with Gasteiger partial charge in [-0.3, -0.25) is 0 Å². The lowest BCUT2D eigenvalue weighted by Gasteiger charge is -2.40. The molecule has 0 unspecified atom stereocenters. The molecule has 16 rings (SSSR count). The smallest absolute Gasteiger partial charge is 0.160 e. The molecule has 0 atom stereocenters. The van der Waals surface area contributed by atoms with Crippen molar-refractivity contribution in [2.45, 2.75) is 83.8 Å². The fourth-order valence-corrected chi connectivity index (χ4v) is 15.3. The van der Waals surface area contributed by atoms with Gasteiger partial charge in [-0.15, -0.1) is 0 Å². The third-order valence-corrected chi connectivity index (χ3v) is 20.8. The molecule has 2 aromatic heterocycles. The maximum absolute atomic E-state index is 7.56. The maximum Gasteiger partial charge on any atom is 0.160 e. The molecule has 95 heavy (non-hydrogen) atoms. The van der Waals surface area contributed by atoms with Crippen LogP contribution in [0.4, 0.5) is 34.1 Å². The SMILES string of the molecule is CCC1(COCCCCCOCc2ccc(N(c3ccccc3)c3cc4c(c5c3oc3ccccc35)-c3c(cc(N(c5ccccc5)c5ccc(COCCCCCOCC6(CC)COC6)cc5)c5c3oc3ccccc35)C43c4ccccc4-c4ccccc43)cc2)COC1. The van der Waals surface area contributed by atoms with E-state index < -0.39 is 5.41 Å². The molecule has 4 heterocycles. The maximum atomic E-state index is 7.56. The Morgan fingerprint density at radius 3 is 1.27 bits per heavy atom. The van der Waals surface area contributed by atoms with Gasteiger partial charge in [0.2, 0.25) is 0 Å². The normalized spacial score (nSPS) is 15.3. The average Bonchev–Trinajstić information content (AvgIpc) is 1.49. The zero-order chi connectivity index (χ0) is 63.8. The molecule has 480 valence electrons. The molecule has 0 N–H and O–H groups in total. The number of anilines is 6. The average molecular weight is 1260 g/mol. The molecule has 10 heteroatoms. The lowest BCUT2D eigenvalue weighted by atomic mass is 9.70. The van der Waals surface area contributed by atoms with Gasteiger partial charge in [-0.2, -0.15) is 0 Å². The minimum absolute atomic E-state index is 0.221. The zero-order valence-corrected chi connectivity index (χ0v) is 54.6. The first-order valence-corrected chi connectivity index (χ1v) is 34.5. The van der Waals surface area contributed by atoms with E-state index in [0.29, 0.717) is 26.4 Å². The van der Waals surface area contributed by atoms with Gasteiger partial charge in [0, 0.05) is 87.3 Å². The van der Waals surface area contributed by atoms with Crippen LogP contribution in [0.1, 0.15) is 98.6 Å². The number of unbranched alkanes of at least 4 members (excludes halogenated alkanes) is 4. The van der Waals surface area contributed by atoms with Gasteiger partial charge in [-0.05, 0) is 169 Å². The van der Waals surface area contributed by atoms with E-state index in [0.717, 1.165) is 210 Å². The molecule has 2 aliphatic carbocycles. The Labute approximate surface area is 556 Å². The van der Waals surface area contributed by atoms with Gasteiger partial charge in [-0.25, -0.2) is 0 Å². The van der Waals surface area contributed by atoms with Gasteiger partial charge in [-0.1, -0.05) is 159 Å². The molecule has 10 aromatic carbocycles. The van der Waals surface area contributed by atoms with Crippen molar-refractivity contribution in [1.82, 2.24) is 0 Å². The minimum atomic E-state index is -0.832. The number of furan rings is 2. The molecule has 2 saturated heterocycles. The van der Waals surface area contributed by atoms with Crippen LogP contribution < -0.4 is 9.80 Å². The molecule has 0 radical (unpaired) electrons. The van der Waals surface area contributed by atoms with Crippen LogP contribution in [0.3, 0.4) is 0 Å². The summed E-state index contributed by atoms with van der Waals surface area (Å²) in [5.74, 6) is 0. The summed E-state index contributed by atoms with van der Waals surface area (Å²) in [6, 6.07) is 79.7. The molecule has 0 bridgehead atoms. The Morgan fingerprint density at radius 1 is 0.368 bits per heavy atom. The van der Waals surface area contributed by atoms with Crippen LogP contribution in [0.2, 0.25) is 0 Å². The van der Waals surface area contributed by atoms with E-state index in [4.69, 9.17) is 37.3 Å². The van der Waals surface area contributed by atoms with E-state index in [1.807, 2.05) is 0 Å². The van der Waals surface area contributed by atoms with Crippen molar-refractivity contribution < 1.29 is 37.3 Å². The van der Waals surface area contributed by atoms with Crippen LogP contribution in [-0.2, 0) is 47.0 Å². The van der Waals surface area contributed by atoms with Gasteiger partial charge < -0.3 is 47.1 Å². The van der Waals surface area contributed by atoms with Crippen molar-refractivity contribution in [3.63, 3.8) is 0 Å². The highest BCUT2D eigenvalue weighted by atomic mass is 16.5. The van der Waals surface area contributed by atoms with Crippen LogP contribution in [-0.4, -0.2) is 66.1 Å². The summed E-state index contributed by atoms with van der Waals surface area (Å²) in [6.07, 6.45) is 8.38. The minimum Gasteiger partial charge on any atom is -0.455 e. The van der Waals surface area contributed by atoms with E-state index in [1.54, 1.807) is 0 Å². The summed E-state index contributed by atoms with van der Waals surface area (Å²) in [6.45, 7) is 13.3. The molecular weight excluding hydrogens is 1180 g/mol. The van der Waals surface area contributed by atoms with Gasteiger partial charge in [0.05, 0.1) is 75.0 Å². The number of ether oxygens (including phenoxy) is 6. The number of hydrogen-bond acceptors (Lipinski definition) is 10. The molecular formula is C85H82N2O8. The highest BCUT2D eigenvalue weighted by molar-refractivity contribution is 6.26. The fourth-order valence-electron chi connectivity index (χ4n) is 15.3. The number of fused-ring (bicyclic) bond motifs is 18. The quantitative estimate of drug-likeness (QED) is 0.0442. The molecule has 10 nitrogen and oxygen atoms in total.